The van der Waals surface area contributed by atoms with Gasteiger partial charge in [-0.2, -0.15) is 10.1 Å². The summed E-state index contributed by atoms with van der Waals surface area (Å²) >= 11 is 0. The van der Waals surface area contributed by atoms with E-state index in [9.17, 15) is 4.21 Å². The molecule has 0 radical (unpaired) electrons. The highest BCUT2D eigenvalue weighted by atomic mass is 32.2. The molecular weight excluding hydrogens is 202 g/mol. The zero-order chi connectivity index (χ0) is 11.0. The lowest BCUT2D eigenvalue weighted by Gasteiger charge is -2.22. The number of rotatable bonds is 2. The summed E-state index contributed by atoms with van der Waals surface area (Å²) in [5, 5.41) is 3.82. The molecule has 0 amide bonds. The molecule has 2 N–H and O–H groups in total. The first kappa shape index (κ1) is 11.0. The smallest absolute Gasteiger partial charge is 0.233 e. The van der Waals surface area contributed by atoms with Crippen molar-refractivity contribution in [2.24, 2.45) is 7.05 Å². The van der Waals surface area contributed by atoms with E-state index >= 15 is 0 Å². The van der Waals surface area contributed by atoms with Crippen LogP contribution in [0.1, 0.15) is 20.8 Å². The Bertz CT molecular complexity index is 414. The van der Waals surface area contributed by atoms with Crippen molar-refractivity contribution in [3.63, 3.8) is 0 Å². The minimum Gasteiger partial charge on any atom is -0.267 e. The standard InChI is InChI=1S/C7H15N5OS/c1-7(2,3)14(8,13)11-6-9-5-10-12(6)4/h5H,1-4H3,(H2,8,9,10,11,13). The van der Waals surface area contributed by atoms with Crippen LogP contribution in [0.5, 0.6) is 0 Å². The van der Waals surface area contributed by atoms with E-state index in [4.69, 9.17) is 4.78 Å². The minimum absolute atomic E-state index is 0.347. The normalized spacial score (nSPS) is 16.3. The Morgan fingerprint density at radius 1 is 1.57 bits per heavy atom. The third kappa shape index (κ3) is 2.03. The molecule has 0 saturated carbocycles. The molecule has 7 heteroatoms. The molecule has 1 heterocycles. The van der Waals surface area contributed by atoms with Crippen LogP contribution in [0.25, 0.3) is 0 Å². The molecule has 14 heavy (non-hydrogen) atoms. The van der Waals surface area contributed by atoms with Crippen LogP contribution in [0.4, 0.5) is 5.95 Å². The van der Waals surface area contributed by atoms with Crippen LogP contribution in [0.2, 0.25) is 0 Å². The molecule has 1 rings (SSSR count). The van der Waals surface area contributed by atoms with Crippen LogP contribution in [0, 0.1) is 4.78 Å². The van der Waals surface area contributed by atoms with Crippen molar-refractivity contribution in [3.8, 4) is 0 Å². The summed E-state index contributed by atoms with van der Waals surface area (Å²) in [6, 6.07) is 0. The maximum Gasteiger partial charge on any atom is 0.233 e. The molecule has 0 fully saturated rings. The molecule has 0 bridgehead atoms. The molecule has 1 unspecified atom stereocenters. The fourth-order valence-corrected chi connectivity index (χ4v) is 1.42. The number of aryl methyl sites for hydroxylation is 1. The van der Waals surface area contributed by atoms with E-state index in [0.717, 1.165) is 0 Å². The predicted molar refractivity (Wildman–Crippen MR) is 55.2 cm³/mol. The average Bonchev–Trinajstić information content (AvgIpc) is 2.33. The van der Waals surface area contributed by atoms with E-state index < -0.39 is 14.7 Å². The Hall–Kier alpha value is -1.11. The van der Waals surface area contributed by atoms with Gasteiger partial charge in [0.25, 0.3) is 0 Å². The van der Waals surface area contributed by atoms with Gasteiger partial charge in [0, 0.05) is 7.05 Å². The van der Waals surface area contributed by atoms with E-state index in [2.05, 4.69) is 14.8 Å². The average molecular weight is 217 g/mol. The zero-order valence-electron chi connectivity index (χ0n) is 8.74. The van der Waals surface area contributed by atoms with Gasteiger partial charge < -0.3 is 0 Å². The molecule has 1 aromatic heterocycles. The summed E-state index contributed by atoms with van der Waals surface area (Å²) < 4.78 is 23.0. The van der Waals surface area contributed by atoms with Gasteiger partial charge in [-0.05, 0) is 20.8 Å². The molecule has 0 spiro atoms. The number of aromatic nitrogens is 3. The molecule has 0 aromatic carbocycles. The first-order valence-electron chi connectivity index (χ1n) is 4.14. The minimum atomic E-state index is -2.92. The predicted octanol–water partition coefficient (Wildman–Crippen LogP) is 0.987. The quantitative estimate of drug-likeness (QED) is 0.774. The van der Waals surface area contributed by atoms with E-state index in [0.29, 0.717) is 5.95 Å². The van der Waals surface area contributed by atoms with Crippen molar-refractivity contribution in [1.82, 2.24) is 14.8 Å². The fourth-order valence-electron chi connectivity index (χ4n) is 0.670. The molecule has 0 aliphatic rings. The van der Waals surface area contributed by atoms with Gasteiger partial charge in [-0.15, -0.1) is 0 Å². The molecule has 0 saturated heterocycles. The number of nitrogens with zero attached hydrogens (tertiary/aromatic N) is 3. The van der Waals surface area contributed by atoms with Crippen LogP contribution < -0.4 is 4.72 Å². The fraction of sp³-hybridized carbons (Fsp3) is 0.714. The lowest BCUT2D eigenvalue weighted by Crippen LogP contribution is -2.33. The Kier molecular flexibility index (Phi) is 2.53. The Morgan fingerprint density at radius 3 is 2.50 bits per heavy atom. The highest BCUT2D eigenvalue weighted by Crippen LogP contribution is 2.17. The lowest BCUT2D eigenvalue weighted by molar-refractivity contribution is 0.640. The van der Waals surface area contributed by atoms with E-state index in [1.807, 2.05) is 0 Å². The monoisotopic (exact) mass is 217 g/mol. The summed E-state index contributed by atoms with van der Waals surface area (Å²) in [7, 11) is -1.24. The summed E-state index contributed by atoms with van der Waals surface area (Å²) in [4.78, 5) is 3.86. The van der Waals surface area contributed by atoms with Crippen molar-refractivity contribution in [2.45, 2.75) is 25.5 Å². The molecule has 1 atom stereocenters. The zero-order valence-corrected chi connectivity index (χ0v) is 9.55. The Balaban J connectivity index is 2.96. The topological polar surface area (TPSA) is 83.7 Å². The van der Waals surface area contributed by atoms with E-state index in [1.165, 1.54) is 11.0 Å². The van der Waals surface area contributed by atoms with Gasteiger partial charge in [0.05, 0.1) is 4.75 Å². The summed E-state index contributed by atoms with van der Waals surface area (Å²) in [5.41, 5.74) is 0. The maximum absolute atomic E-state index is 11.9. The lowest BCUT2D eigenvalue weighted by atomic mass is 10.3. The van der Waals surface area contributed by atoms with Gasteiger partial charge in [0.2, 0.25) is 5.95 Å². The van der Waals surface area contributed by atoms with Gasteiger partial charge in [0.1, 0.15) is 16.2 Å². The van der Waals surface area contributed by atoms with E-state index in [-0.39, 0.29) is 0 Å². The largest absolute Gasteiger partial charge is 0.267 e. The molecule has 6 nitrogen and oxygen atoms in total. The molecule has 1 aromatic rings. The van der Waals surface area contributed by atoms with Gasteiger partial charge in [0.15, 0.2) is 0 Å². The van der Waals surface area contributed by atoms with Crippen molar-refractivity contribution in [3.05, 3.63) is 6.33 Å². The van der Waals surface area contributed by atoms with Crippen molar-refractivity contribution >= 4 is 15.9 Å². The summed E-state index contributed by atoms with van der Waals surface area (Å²) in [5.74, 6) is 0.347. The van der Waals surface area contributed by atoms with Gasteiger partial charge in [-0.1, -0.05) is 0 Å². The number of hydrogen-bond acceptors (Lipinski definition) is 4. The Morgan fingerprint density at radius 2 is 2.14 bits per heavy atom. The van der Waals surface area contributed by atoms with Crippen molar-refractivity contribution in [1.29, 1.82) is 4.78 Å². The van der Waals surface area contributed by atoms with Crippen LogP contribution >= 0.6 is 0 Å². The third-order valence-electron chi connectivity index (χ3n) is 1.81. The van der Waals surface area contributed by atoms with Crippen LogP contribution in [0.3, 0.4) is 0 Å². The third-order valence-corrected chi connectivity index (χ3v) is 4.00. The SMILES string of the molecule is Cn1ncnc1NS(=N)(=O)C(C)(C)C. The second-order valence-corrected chi connectivity index (χ2v) is 6.52. The highest BCUT2D eigenvalue weighted by Gasteiger charge is 2.26. The molecular formula is C7H15N5OS. The number of anilines is 1. The number of hydrogen-bond donors (Lipinski definition) is 2. The van der Waals surface area contributed by atoms with Gasteiger partial charge in [-0.25, -0.2) is 13.7 Å². The van der Waals surface area contributed by atoms with Crippen LogP contribution in [-0.2, 0) is 17.0 Å². The molecule has 80 valence electrons. The first-order chi connectivity index (χ1) is 6.24. The van der Waals surface area contributed by atoms with Gasteiger partial charge in [-0.3, -0.25) is 4.72 Å². The molecule has 0 aliphatic heterocycles. The van der Waals surface area contributed by atoms with Crippen LogP contribution in [0.15, 0.2) is 6.33 Å². The van der Waals surface area contributed by atoms with Gasteiger partial charge >= 0.3 is 0 Å². The van der Waals surface area contributed by atoms with Crippen molar-refractivity contribution < 1.29 is 4.21 Å². The second kappa shape index (κ2) is 3.23. The maximum atomic E-state index is 11.9. The van der Waals surface area contributed by atoms with E-state index in [1.54, 1.807) is 27.8 Å². The second-order valence-electron chi connectivity index (χ2n) is 3.98. The molecule has 0 aliphatic carbocycles. The Labute approximate surface area is 83.8 Å². The first-order valence-corrected chi connectivity index (χ1v) is 5.70. The van der Waals surface area contributed by atoms with Crippen LogP contribution in [-0.4, -0.2) is 23.7 Å². The van der Waals surface area contributed by atoms with Crippen molar-refractivity contribution in [2.75, 3.05) is 4.72 Å². The summed E-state index contributed by atoms with van der Waals surface area (Å²) in [6.45, 7) is 5.23. The summed E-state index contributed by atoms with van der Waals surface area (Å²) in [6.07, 6.45) is 1.35. The highest BCUT2D eigenvalue weighted by molar-refractivity contribution is 7.95. The number of nitrogens with one attached hydrogen (secondary N) is 2.